The zero-order valence-electron chi connectivity index (χ0n) is 18.2. The van der Waals surface area contributed by atoms with Crippen LogP contribution in [0.5, 0.6) is 5.75 Å². The maximum atomic E-state index is 12.1. The zero-order chi connectivity index (χ0) is 23.1. The Hall–Kier alpha value is -3.89. The quantitative estimate of drug-likeness (QED) is 0.458. The number of rotatable bonds is 4. The van der Waals surface area contributed by atoms with Crippen LogP contribution in [0.15, 0.2) is 66.0 Å². The van der Waals surface area contributed by atoms with Gasteiger partial charge in [0, 0.05) is 7.05 Å². The van der Waals surface area contributed by atoms with Crippen LogP contribution in [0.2, 0.25) is 0 Å². The molecule has 2 N–H and O–H groups in total. The highest BCUT2D eigenvalue weighted by atomic mass is 32.1. The number of hydrogen-bond acceptors (Lipinski definition) is 5. The first-order valence-electron chi connectivity index (χ1n) is 10.1. The van der Waals surface area contributed by atoms with Gasteiger partial charge in [-0.25, -0.2) is 4.68 Å². The number of thiophene rings is 1. The molecule has 0 bridgehead atoms. The molecular weight excluding hydrogens is 420 g/mol. The van der Waals surface area contributed by atoms with E-state index in [9.17, 15) is 15.2 Å². The number of phenolic OH excluding ortho intramolecular Hbond substituents is 1. The van der Waals surface area contributed by atoms with E-state index in [2.05, 4.69) is 47.7 Å². The molecule has 162 valence electrons. The third kappa shape index (κ3) is 4.88. The Balaban J connectivity index is 0.000000305. The van der Waals surface area contributed by atoms with Crippen molar-refractivity contribution in [2.45, 2.75) is 20.3 Å². The van der Waals surface area contributed by atoms with Crippen molar-refractivity contribution in [3.8, 4) is 28.1 Å². The highest BCUT2D eigenvalue weighted by Gasteiger charge is 2.25. The van der Waals surface area contributed by atoms with Crippen LogP contribution in [0, 0.1) is 18.3 Å². The van der Waals surface area contributed by atoms with Crippen molar-refractivity contribution in [3.05, 3.63) is 88.4 Å². The normalized spacial score (nSPS) is 10.1. The van der Waals surface area contributed by atoms with Crippen LogP contribution in [-0.2, 0) is 6.42 Å². The summed E-state index contributed by atoms with van der Waals surface area (Å²) in [5.41, 5.74) is 3.76. The number of aromatic nitrogens is 2. The molecular formula is C25H24N4O2S. The van der Waals surface area contributed by atoms with E-state index in [-0.39, 0.29) is 17.0 Å². The minimum atomic E-state index is -0.417. The largest absolute Gasteiger partial charge is 0.508 e. The molecule has 0 unspecified atom stereocenters. The molecule has 0 aliphatic carbocycles. The second-order valence-corrected chi connectivity index (χ2v) is 7.91. The van der Waals surface area contributed by atoms with Gasteiger partial charge < -0.3 is 10.4 Å². The lowest BCUT2D eigenvalue weighted by Gasteiger charge is -2.10. The van der Waals surface area contributed by atoms with Gasteiger partial charge in [0.2, 0.25) is 0 Å². The first-order valence-corrected chi connectivity index (χ1v) is 11.0. The molecule has 7 heteroatoms. The molecule has 1 amide bonds. The maximum absolute atomic E-state index is 12.1. The maximum Gasteiger partial charge on any atom is 0.272 e. The van der Waals surface area contributed by atoms with E-state index in [0.29, 0.717) is 11.4 Å². The number of nitriles is 1. The molecule has 0 aliphatic heterocycles. The number of carbonyl (C=O) groups excluding carboxylic acids is 1. The molecule has 6 nitrogen and oxygen atoms in total. The Labute approximate surface area is 191 Å². The molecule has 0 saturated heterocycles. The molecule has 2 aromatic carbocycles. The highest BCUT2D eigenvalue weighted by molar-refractivity contribution is 7.13. The van der Waals surface area contributed by atoms with Gasteiger partial charge in [0.1, 0.15) is 23.1 Å². The predicted octanol–water partition coefficient (Wildman–Crippen LogP) is 5.10. The molecule has 0 aliphatic rings. The summed E-state index contributed by atoms with van der Waals surface area (Å²) in [7, 11) is 1.50. The number of aryl methyl sites for hydroxylation is 2. The van der Waals surface area contributed by atoms with E-state index in [1.165, 1.54) is 23.9 Å². The van der Waals surface area contributed by atoms with Crippen LogP contribution in [0.3, 0.4) is 0 Å². The molecule has 0 atom stereocenters. The van der Waals surface area contributed by atoms with Gasteiger partial charge >= 0.3 is 0 Å². The van der Waals surface area contributed by atoms with Crippen molar-refractivity contribution in [1.82, 2.24) is 15.1 Å². The summed E-state index contributed by atoms with van der Waals surface area (Å²) < 4.78 is 1.59. The molecule has 0 radical (unpaired) electrons. The minimum Gasteiger partial charge on any atom is -0.508 e. The molecule has 0 saturated carbocycles. The standard InChI is InChI=1S/C17H14N4O2S.C8H10/c1-10-8-11(22)5-6-13(10)21-16(14-4-3-7-24-14)12(9-18)15(20-21)17(23)19-2;1-2-8-6-4-3-5-7-8/h3-8,22H,1-2H3,(H,19,23);3-7H,2H2,1H3. The zero-order valence-corrected chi connectivity index (χ0v) is 19.0. The lowest BCUT2D eigenvalue weighted by Crippen LogP contribution is -2.19. The van der Waals surface area contributed by atoms with Gasteiger partial charge in [0.15, 0.2) is 5.69 Å². The van der Waals surface area contributed by atoms with E-state index >= 15 is 0 Å². The average molecular weight is 445 g/mol. The Kier molecular flexibility index (Phi) is 7.42. The average Bonchev–Trinajstić information content (AvgIpc) is 3.47. The van der Waals surface area contributed by atoms with E-state index in [0.717, 1.165) is 16.9 Å². The van der Waals surface area contributed by atoms with Crippen LogP contribution in [0.4, 0.5) is 0 Å². The number of hydrogen-bond donors (Lipinski definition) is 2. The van der Waals surface area contributed by atoms with Crippen LogP contribution in [0.1, 0.15) is 34.1 Å². The number of aromatic hydroxyl groups is 1. The smallest absolute Gasteiger partial charge is 0.272 e. The van der Waals surface area contributed by atoms with Crippen molar-refractivity contribution < 1.29 is 9.90 Å². The van der Waals surface area contributed by atoms with Crippen LogP contribution in [-0.4, -0.2) is 27.8 Å². The first kappa shape index (κ1) is 22.8. The van der Waals surface area contributed by atoms with E-state index < -0.39 is 5.91 Å². The number of carbonyl (C=O) groups is 1. The van der Waals surface area contributed by atoms with Gasteiger partial charge in [-0.3, -0.25) is 4.79 Å². The SMILES string of the molecule is CCc1ccccc1.CNC(=O)c1nn(-c2ccc(O)cc2C)c(-c2cccs2)c1C#N. The van der Waals surface area contributed by atoms with Gasteiger partial charge in [0.05, 0.1) is 10.6 Å². The van der Waals surface area contributed by atoms with Crippen molar-refractivity contribution in [2.24, 2.45) is 0 Å². The molecule has 0 spiro atoms. The topological polar surface area (TPSA) is 90.9 Å². The second kappa shape index (κ2) is 10.4. The third-order valence-electron chi connectivity index (χ3n) is 4.85. The Morgan fingerprint density at radius 2 is 1.94 bits per heavy atom. The van der Waals surface area contributed by atoms with Crippen molar-refractivity contribution in [2.75, 3.05) is 7.05 Å². The van der Waals surface area contributed by atoms with E-state index in [4.69, 9.17) is 0 Å². The fourth-order valence-corrected chi connectivity index (χ4v) is 3.97. The summed E-state index contributed by atoms with van der Waals surface area (Å²) in [4.78, 5) is 13.0. The van der Waals surface area contributed by atoms with Crippen molar-refractivity contribution in [1.29, 1.82) is 5.26 Å². The molecule has 0 fully saturated rings. The highest BCUT2D eigenvalue weighted by Crippen LogP contribution is 2.33. The lowest BCUT2D eigenvalue weighted by molar-refractivity contribution is 0.0957. The minimum absolute atomic E-state index is 0.0795. The van der Waals surface area contributed by atoms with Crippen molar-refractivity contribution in [3.63, 3.8) is 0 Å². The Morgan fingerprint density at radius 3 is 2.47 bits per heavy atom. The van der Waals surface area contributed by atoms with Crippen LogP contribution in [0.25, 0.3) is 16.3 Å². The Morgan fingerprint density at radius 1 is 1.19 bits per heavy atom. The summed E-state index contributed by atoms with van der Waals surface area (Å²) in [6, 6.07) is 21.2. The van der Waals surface area contributed by atoms with Crippen molar-refractivity contribution >= 4 is 17.2 Å². The summed E-state index contributed by atoms with van der Waals surface area (Å²) in [6.07, 6.45) is 1.14. The second-order valence-electron chi connectivity index (χ2n) is 6.96. The lowest BCUT2D eigenvalue weighted by atomic mass is 10.1. The molecule has 2 heterocycles. The van der Waals surface area contributed by atoms with Crippen LogP contribution < -0.4 is 5.32 Å². The molecule has 4 rings (SSSR count). The summed E-state index contributed by atoms with van der Waals surface area (Å²) in [6.45, 7) is 4.00. The summed E-state index contributed by atoms with van der Waals surface area (Å²) >= 11 is 1.46. The molecule has 2 aromatic heterocycles. The monoisotopic (exact) mass is 444 g/mol. The number of amides is 1. The van der Waals surface area contributed by atoms with Gasteiger partial charge in [-0.05, 0) is 54.1 Å². The first-order chi connectivity index (χ1) is 15.5. The fraction of sp³-hybridized carbons (Fsp3) is 0.160. The molecule has 32 heavy (non-hydrogen) atoms. The number of nitrogens with zero attached hydrogens (tertiary/aromatic N) is 3. The number of nitrogens with one attached hydrogen (secondary N) is 1. The predicted molar refractivity (Wildman–Crippen MR) is 127 cm³/mol. The van der Waals surface area contributed by atoms with Gasteiger partial charge in [0.25, 0.3) is 5.91 Å². The number of phenols is 1. The summed E-state index contributed by atoms with van der Waals surface area (Å²) in [5, 5.41) is 28.0. The molecule has 4 aromatic rings. The van der Waals surface area contributed by atoms with Gasteiger partial charge in [-0.2, -0.15) is 10.4 Å². The number of benzene rings is 2. The third-order valence-corrected chi connectivity index (χ3v) is 5.73. The summed E-state index contributed by atoms with van der Waals surface area (Å²) in [5.74, 6) is -0.271. The van der Waals surface area contributed by atoms with E-state index in [1.54, 1.807) is 22.9 Å². The fourth-order valence-electron chi connectivity index (χ4n) is 3.21. The Bertz CT molecular complexity index is 1240. The van der Waals surface area contributed by atoms with E-state index in [1.807, 2.05) is 30.5 Å². The van der Waals surface area contributed by atoms with Gasteiger partial charge in [-0.15, -0.1) is 11.3 Å². The van der Waals surface area contributed by atoms with Gasteiger partial charge in [-0.1, -0.05) is 43.3 Å². The van der Waals surface area contributed by atoms with Crippen LogP contribution >= 0.6 is 11.3 Å².